The number of thiophene rings is 1. The number of hydrogen-bond donors (Lipinski definition) is 0. The first-order valence-electron chi connectivity index (χ1n) is 37.5. The molecular formula is C100H89BN4S. The maximum Gasteiger partial charge on any atom is 0.252 e. The first-order valence-corrected chi connectivity index (χ1v) is 38.3. The minimum absolute atomic E-state index is 0.147. The zero-order valence-electron chi connectivity index (χ0n) is 62.9. The lowest BCUT2D eigenvalue weighted by atomic mass is 9.33. The molecule has 0 unspecified atom stereocenters. The Bertz CT molecular complexity index is 5580. The van der Waals surface area contributed by atoms with E-state index in [2.05, 4.69) is 424 Å². The first kappa shape index (κ1) is 67.7. The Morgan fingerprint density at radius 3 is 0.991 bits per heavy atom. The highest BCUT2D eigenvalue weighted by atomic mass is 32.1. The summed E-state index contributed by atoms with van der Waals surface area (Å²) in [5.41, 5.74) is 30.8. The molecule has 0 N–H and O–H groups in total. The molecule has 0 saturated carbocycles. The third-order valence-electron chi connectivity index (χ3n) is 21.8. The Morgan fingerprint density at radius 2 is 0.604 bits per heavy atom. The molecule has 0 saturated heterocycles. The lowest BCUT2D eigenvalue weighted by molar-refractivity contribution is 0.568. The van der Waals surface area contributed by atoms with Gasteiger partial charge in [-0.15, -0.1) is 11.3 Å². The second-order valence-electron chi connectivity index (χ2n) is 33.0. The standard InChI is InChI=1S/C100H89BN4S/c1-97(2,3)70-57-68(58-71(61-70)98(4,5)6)82-50-33-48-80(66-35-19-13-20-36-66)93(82)104-88-55-53-78(102(74-39-23-15-24-40-74)75-41-25-16-26-42-75)63-86(88)101-87-64-79(103(76-43-27-17-28-44-76)77-45-29-18-30-46-77)54-56-89(87)105(95-92(101)90(104)65-85-84-47-31-32-52-91(84)106-96(85)95)94-81(67-37-21-14-22-38-67)49-34-51-83(94)69-59-72(99(7,8)9)62-73(60-69)100(10,11)12/h13-65H,1-12H3. The van der Waals surface area contributed by atoms with E-state index in [-0.39, 0.29) is 28.4 Å². The lowest BCUT2D eigenvalue weighted by Crippen LogP contribution is -2.61. The number of fused-ring (bicyclic) bond motifs is 8. The summed E-state index contributed by atoms with van der Waals surface area (Å²) in [5, 5.41) is 2.45. The van der Waals surface area contributed by atoms with Gasteiger partial charge in [0.2, 0.25) is 0 Å². The highest BCUT2D eigenvalue weighted by Crippen LogP contribution is 2.58. The molecule has 14 aromatic carbocycles. The Morgan fingerprint density at radius 1 is 0.264 bits per heavy atom. The van der Waals surface area contributed by atoms with Gasteiger partial charge in [0.15, 0.2) is 0 Å². The highest BCUT2D eigenvalue weighted by Gasteiger charge is 2.47. The molecule has 2 aliphatic rings. The van der Waals surface area contributed by atoms with Gasteiger partial charge in [-0.2, -0.15) is 0 Å². The molecule has 0 fully saturated rings. The van der Waals surface area contributed by atoms with Crippen molar-refractivity contribution in [3.63, 3.8) is 0 Å². The Kier molecular flexibility index (Phi) is 16.8. The summed E-state index contributed by atoms with van der Waals surface area (Å²) in [6.07, 6.45) is 0. The summed E-state index contributed by atoms with van der Waals surface area (Å²) in [7, 11) is 0. The Balaban J connectivity index is 1.09. The molecular weight excluding hydrogens is 1300 g/mol. The fourth-order valence-corrected chi connectivity index (χ4v) is 17.4. The highest BCUT2D eigenvalue weighted by molar-refractivity contribution is 7.26. The van der Waals surface area contributed by atoms with Crippen molar-refractivity contribution in [1.82, 2.24) is 0 Å². The van der Waals surface area contributed by atoms with Crippen LogP contribution in [0.25, 0.3) is 64.7 Å². The van der Waals surface area contributed by atoms with Gasteiger partial charge >= 0.3 is 0 Å². The number of anilines is 12. The van der Waals surface area contributed by atoms with Crippen LogP contribution in [0, 0.1) is 0 Å². The van der Waals surface area contributed by atoms with Crippen LogP contribution < -0.4 is 36.0 Å². The first-order chi connectivity index (χ1) is 51.1. The second kappa shape index (κ2) is 26.3. The minimum Gasteiger partial charge on any atom is -0.311 e. The summed E-state index contributed by atoms with van der Waals surface area (Å²) < 4.78 is 2.48. The molecule has 1 aromatic heterocycles. The Labute approximate surface area is 631 Å². The number of hydrogen-bond acceptors (Lipinski definition) is 5. The van der Waals surface area contributed by atoms with E-state index in [0.29, 0.717) is 0 Å². The maximum atomic E-state index is 2.76. The quantitative estimate of drug-likeness (QED) is 0.113. The van der Waals surface area contributed by atoms with Crippen molar-refractivity contribution in [1.29, 1.82) is 0 Å². The molecule has 2 aliphatic heterocycles. The third-order valence-corrected chi connectivity index (χ3v) is 22.9. The van der Waals surface area contributed by atoms with Crippen LogP contribution in [0.2, 0.25) is 0 Å². The lowest BCUT2D eigenvalue weighted by Gasteiger charge is -2.46. The van der Waals surface area contributed by atoms with Crippen LogP contribution in [0.5, 0.6) is 0 Å². The Hall–Kier alpha value is -11.4. The van der Waals surface area contributed by atoms with Crippen molar-refractivity contribution in [2.75, 3.05) is 19.6 Å². The van der Waals surface area contributed by atoms with Gasteiger partial charge in [-0.3, -0.25) is 0 Å². The number of benzene rings is 14. The van der Waals surface area contributed by atoms with Crippen LogP contribution in [0.3, 0.4) is 0 Å². The van der Waals surface area contributed by atoms with E-state index in [1.807, 2.05) is 11.3 Å². The van der Waals surface area contributed by atoms with Crippen molar-refractivity contribution in [2.24, 2.45) is 0 Å². The molecule has 106 heavy (non-hydrogen) atoms. The van der Waals surface area contributed by atoms with Crippen LogP contribution in [0.15, 0.2) is 322 Å². The number of nitrogens with zero attached hydrogens (tertiary/aromatic N) is 4. The van der Waals surface area contributed by atoms with E-state index < -0.39 is 0 Å². The minimum atomic E-state index is -0.341. The molecule has 0 spiro atoms. The predicted molar refractivity (Wildman–Crippen MR) is 459 cm³/mol. The van der Waals surface area contributed by atoms with Gasteiger partial charge in [0.1, 0.15) is 0 Å². The predicted octanol–water partition coefficient (Wildman–Crippen LogP) is 26.9. The number of para-hydroxylation sites is 6. The van der Waals surface area contributed by atoms with E-state index in [0.717, 1.165) is 95.9 Å². The molecule has 518 valence electrons. The molecule has 15 aromatic rings. The average Bonchev–Trinajstić information content (AvgIpc) is 1.10. The second-order valence-corrected chi connectivity index (χ2v) is 34.0. The van der Waals surface area contributed by atoms with Gasteiger partial charge in [-0.05, 0) is 180 Å². The molecule has 4 nitrogen and oxygen atoms in total. The van der Waals surface area contributed by atoms with E-state index in [4.69, 9.17) is 0 Å². The summed E-state index contributed by atoms with van der Waals surface area (Å²) in [5.74, 6) is 0. The molecule has 0 radical (unpaired) electrons. The van der Waals surface area contributed by atoms with Gasteiger partial charge in [0.25, 0.3) is 6.71 Å². The normalized spacial score (nSPS) is 12.8. The van der Waals surface area contributed by atoms with Gasteiger partial charge < -0.3 is 19.6 Å². The van der Waals surface area contributed by atoms with E-state index in [1.54, 1.807) is 0 Å². The fourth-order valence-electron chi connectivity index (χ4n) is 16.2. The van der Waals surface area contributed by atoms with Crippen molar-refractivity contribution in [2.45, 2.75) is 105 Å². The van der Waals surface area contributed by atoms with Gasteiger partial charge in [0.05, 0.1) is 21.8 Å². The van der Waals surface area contributed by atoms with Crippen molar-refractivity contribution >= 4 is 123 Å². The SMILES string of the molecule is CC(C)(C)c1cc(-c2cccc(-c3ccccc3)c2N2c3ccc(N(c4ccccc4)c4ccccc4)cc3B3c4cc(N(c5ccccc5)c5ccccc5)ccc4N(c4c(-c5ccccc5)cccc4-c4cc(C(C)(C)C)cc(C(C)(C)C)c4)c4c3c2cc2c4sc3ccccc32)cc(C(C)(C)C)c1. The van der Waals surface area contributed by atoms with Crippen LogP contribution in [0.4, 0.5) is 68.2 Å². The van der Waals surface area contributed by atoms with E-state index in [9.17, 15) is 0 Å². The smallest absolute Gasteiger partial charge is 0.252 e. The zero-order valence-corrected chi connectivity index (χ0v) is 63.7. The van der Waals surface area contributed by atoms with Crippen LogP contribution in [0.1, 0.15) is 105 Å². The van der Waals surface area contributed by atoms with E-state index >= 15 is 0 Å². The average molecular weight is 1390 g/mol. The monoisotopic (exact) mass is 1390 g/mol. The van der Waals surface area contributed by atoms with Gasteiger partial charge in [-0.1, -0.05) is 308 Å². The summed E-state index contributed by atoms with van der Waals surface area (Å²) in [6.45, 7) is 28.0. The number of rotatable bonds is 12. The topological polar surface area (TPSA) is 13.0 Å². The van der Waals surface area contributed by atoms with Gasteiger partial charge in [0, 0.05) is 88.9 Å². The van der Waals surface area contributed by atoms with Crippen LogP contribution >= 0.6 is 11.3 Å². The summed E-state index contributed by atoms with van der Waals surface area (Å²) in [4.78, 5) is 10.4. The van der Waals surface area contributed by atoms with Crippen molar-refractivity contribution in [3.8, 4) is 44.5 Å². The van der Waals surface area contributed by atoms with E-state index in [1.165, 1.54) is 75.6 Å². The third kappa shape index (κ3) is 12.1. The zero-order chi connectivity index (χ0) is 73.0. The van der Waals surface area contributed by atoms with Gasteiger partial charge in [-0.25, -0.2) is 0 Å². The molecule has 6 heteroatoms. The molecule has 0 aliphatic carbocycles. The van der Waals surface area contributed by atoms with Crippen molar-refractivity contribution in [3.05, 3.63) is 344 Å². The molecule has 17 rings (SSSR count). The molecule has 0 bridgehead atoms. The molecule has 0 amide bonds. The summed E-state index contributed by atoms with van der Waals surface area (Å²) in [6, 6.07) is 122. The largest absolute Gasteiger partial charge is 0.311 e. The van der Waals surface area contributed by atoms with Crippen molar-refractivity contribution < 1.29 is 0 Å². The fraction of sp³-hybridized carbons (Fsp3) is 0.160. The molecule has 3 heterocycles. The summed E-state index contributed by atoms with van der Waals surface area (Å²) >= 11 is 1.92. The maximum absolute atomic E-state index is 2.76. The van der Waals surface area contributed by atoms with Crippen LogP contribution in [-0.4, -0.2) is 6.71 Å². The molecule has 0 atom stereocenters. The van der Waals surface area contributed by atoms with Crippen LogP contribution in [-0.2, 0) is 21.7 Å².